The number of hydrogen-bond acceptors (Lipinski definition) is 9. The van der Waals surface area contributed by atoms with Gasteiger partial charge >= 0.3 is 23.3 Å². The van der Waals surface area contributed by atoms with Gasteiger partial charge in [-0.05, 0) is 34.4 Å². The summed E-state index contributed by atoms with van der Waals surface area (Å²) in [5.41, 5.74) is -1.23. The zero-order valence-corrected chi connectivity index (χ0v) is 22.6. The SMILES string of the molecule is COCC1=C2c3ccccc3[C@H](C[N+](=O)[O-])C(C(=O)OC)(C(=O)OC)C[C@@H]2n2c(=O)n(-c3ccccc3)c(=O)n2C1. The minimum Gasteiger partial charge on any atom is -0.468 e. The quantitative estimate of drug-likeness (QED) is 0.180. The number of nitrogens with zero attached hydrogens (tertiary/aromatic N) is 4. The van der Waals surface area contributed by atoms with Crippen molar-refractivity contribution in [3.05, 3.63) is 102 Å². The van der Waals surface area contributed by atoms with Gasteiger partial charge in [0.15, 0.2) is 5.41 Å². The van der Waals surface area contributed by atoms with Crippen LogP contribution < -0.4 is 11.4 Å². The Morgan fingerprint density at radius 2 is 1.61 bits per heavy atom. The molecule has 2 heterocycles. The molecule has 2 atom stereocenters. The number of ether oxygens (including phenoxy) is 3. The van der Waals surface area contributed by atoms with E-state index in [1.165, 1.54) is 16.5 Å². The lowest BCUT2D eigenvalue weighted by atomic mass is 9.69. The molecule has 1 aromatic heterocycles. The summed E-state index contributed by atoms with van der Waals surface area (Å²) in [5, 5.41) is 12.0. The van der Waals surface area contributed by atoms with Gasteiger partial charge in [0.1, 0.15) is 0 Å². The number of carbonyl (C=O) groups is 2. The number of benzene rings is 2. The fourth-order valence-corrected chi connectivity index (χ4v) is 6.28. The number of allylic oxidation sites excluding steroid dienone is 1. The number of carbonyl (C=O) groups excluding carboxylic acids is 2. The van der Waals surface area contributed by atoms with Crippen molar-refractivity contribution >= 4 is 17.5 Å². The van der Waals surface area contributed by atoms with E-state index in [-0.39, 0.29) is 13.2 Å². The maximum Gasteiger partial charge on any atom is 0.352 e. The first-order chi connectivity index (χ1) is 19.7. The molecule has 13 nitrogen and oxygen atoms in total. The first-order valence-corrected chi connectivity index (χ1v) is 12.8. The predicted molar refractivity (Wildman–Crippen MR) is 144 cm³/mol. The Hall–Kier alpha value is -4.78. The van der Waals surface area contributed by atoms with Crippen molar-refractivity contribution in [1.29, 1.82) is 0 Å². The van der Waals surface area contributed by atoms with Gasteiger partial charge in [0.05, 0.1) is 45.0 Å². The van der Waals surface area contributed by atoms with Crippen LogP contribution in [0, 0.1) is 15.5 Å². The lowest BCUT2D eigenvalue weighted by Gasteiger charge is -2.36. The third-order valence-corrected chi connectivity index (χ3v) is 7.91. The standard InChI is InChI=1S/C28H28N4O9/c1-39-16-17-14-29-26(35)31(18-9-5-4-6-10-18)27(36)32(29)22-13-28(24(33)40-2,25(34)41-3)21(15-30(37)38)19-11-7-8-12-20(19)23(17)22/h4-12,21-22H,13-16H2,1-3H3/t21-,22-/m0/s1. The van der Waals surface area contributed by atoms with Crippen LogP contribution >= 0.6 is 0 Å². The van der Waals surface area contributed by atoms with Crippen molar-refractivity contribution in [3.8, 4) is 5.69 Å². The number of aromatic nitrogens is 3. The zero-order chi connectivity index (χ0) is 29.5. The van der Waals surface area contributed by atoms with E-state index in [1.807, 2.05) is 0 Å². The minimum atomic E-state index is -2.23. The van der Waals surface area contributed by atoms with Crippen molar-refractivity contribution in [2.45, 2.75) is 24.9 Å². The smallest absolute Gasteiger partial charge is 0.352 e. The normalized spacial score (nSPS) is 18.9. The Kier molecular flexibility index (Phi) is 7.22. The number of fused-ring (bicyclic) bond motifs is 5. The second-order valence-corrected chi connectivity index (χ2v) is 9.92. The number of esters is 2. The number of methoxy groups -OCH3 is 3. The highest BCUT2D eigenvalue weighted by molar-refractivity contribution is 6.02. The van der Waals surface area contributed by atoms with E-state index in [2.05, 4.69) is 0 Å². The van der Waals surface area contributed by atoms with Crippen molar-refractivity contribution in [2.24, 2.45) is 5.41 Å². The largest absolute Gasteiger partial charge is 0.468 e. The van der Waals surface area contributed by atoms with E-state index in [0.29, 0.717) is 28.0 Å². The highest BCUT2D eigenvalue weighted by Crippen LogP contribution is 2.54. The topological polar surface area (TPSA) is 154 Å². The molecule has 2 aliphatic rings. The molecule has 0 unspecified atom stereocenters. The zero-order valence-electron chi connectivity index (χ0n) is 22.6. The molecule has 0 spiro atoms. The van der Waals surface area contributed by atoms with Gasteiger partial charge in [0.25, 0.3) is 0 Å². The van der Waals surface area contributed by atoms with Gasteiger partial charge in [-0.25, -0.2) is 23.5 Å². The lowest BCUT2D eigenvalue weighted by Crippen LogP contribution is -2.50. The molecule has 3 aromatic rings. The van der Waals surface area contributed by atoms with Gasteiger partial charge in [0.2, 0.25) is 6.54 Å². The third-order valence-electron chi connectivity index (χ3n) is 7.91. The molecule has 0 saturated carbocycles. The minimum absolute atomic E-state index is 0.0226. The van der Waals surface area contributed by atoms with E-state index in [4.69, 9.17) is 14.2 Å². The molecule has 1 aliphatic heterocycles. The summed E-state index contributed by atoms with van der Waals surface area (Å²) in [6, 6.07) is 14.0. The molecule has 0 fully saturated rings. The van der Waals surface area contributed by atoms with Crippen LogP contribution in [-0.4, -0.2) is 65.3 Å². The maximum atomic E-state index is 14.0. The van der Waals surface area contributed by atoms with Gasteiger partial charge in [-0.3, -0.25) is 19.7 Å². The van der Waals surface area contributed by atoms with E-state index in [0.717, 1.165) is 18.8 Å². The highest BCUT2D eigenvalue weighted by atomic mass is 16.6. The fraction of sp³-hybridized carbons (Fsp3) is 0.357. The van der Waals surface area contributed by atoms with E-state index in [1.54, 1.807) is 54.6 Å². The van der Waals surface area contributed by atoms with Crippen LogP contribution in [0.2, 0.25) is 0 Å². The van der Waals surface area contributed by atoms with Gasteiger partial charge in [-0.1, -0.05) is 42.5 Å². The molecule has 41 heavy (non-hydrogen) atoms. The molecule has 5 rings (SSSR count). The number of nitro groups is 1. The predicted octanol–water partition coefficient (Wildman–Crippen LogP) is 1.55. The maximum absolute atomic E-state index is 14.0. The summed E-state index contributed by atoms with van der Waals surface area (Å²) in [6.07, 6.45) is -0.444. The van der Waals surface area contributed by atoms with Crippen LogP contribution in [0.1, 0.15) is 29.5 Å². The van der Waals surface area contributed by atoms with Gasteiger partial charge < -0.3 is 14.2 Å². The molecule has 1 aliphatic carbocycles. The molecule has 0 bridgehead atoms. The Bertz CT molecular complexity index is 1670. The summed E-state index contributed by atoms with van der Waals surface area (Å²) in [6.45, 7) is -0.764. The summed E-state index contributed by atoms with van der Waals surface area (Å²) < 4.78 is 19.2. The van der Waals surface area contributed by atoms with Crippen LogP contribution in [0.3, 0.4) is 0 Å². The van der Waals surface area contributed by atoms with E-state index < -0.39 is 58.6 Å². The molecule has 0 radical (unpaired) electrons. The van der Waals surface area contributed by atoms with Gasteiger partial charge in [-0.15, -0.1) is 0 Å². The van der Waals surface area contributed by atoms with Crippen molar-refractivity contribution < 1.29 is 28.7 Å². The summed E-state index contributed by atoms with van der Waals surface area (Å²) in [4.78, 5) is 66.5. The summed E-state index contributed by atoms with van der Waals surface area (Å²) in [7, 11) is 3.64. The molecule has 13 heteroatoms. The van der Waals surface area contributed by atoms with Crippen LogP contribution in [0.5, 0.6) is 0 Å². The monoisotopic (exact) mass is 564 g/mol. The Balaban J connectivity index is 1.91. The molecule has 0 saturated heterocycles. The van der Waals surface area contributed by atoms with E-state index in [9.17, 15) is 29.3 Å². The van der Waals surface area contributed by atoms with Crippen LogP contribution in [0.25, 0.3) is 11.3 Å². The molecule has 0 N–H and O–H groups in total. The second-order valence-electron chi connectivity index (χ2n) is 9.92. The Labute approximate surface area is 233 Å². The third kappa shape index (κ3) is 4.20. The number of rotatable bonds is 7. The van der Waals surface area contributed by atoms with Crippen molar-refractivity contribution in [3.63, 3.8) is 0 Å². The Morgan fingerprint density at radius 1 is 0.976 bits per heavy atom. The first-order valence-electron chi connectivity index (χ1n) is 12.8. The summed E-state index contributed by atoms with van der Waals surface area (Å²) in [5.74, 6) is -3.41. The lowest BCUT2D eigenvalue weighted by molar-refractivity contribution is -0.485. The second kappa shape index (κ2) is 10.7. The fourth-order valence-electron chi connectivity index (χ4n) is 6.28. The Morgan fingerprint density at radius 3 is 2.22 bits per heavy atom. The highest BCUT2D eigenvalue weighted by Gasteiger charge is 2.61. The molecule has 214 valence electrons. The molecule has 0 amide bonds. The van der Waals surface area contributed by atoms with Crippen LogP contribution in [0.15, 0.2) is 69.8 Å². The van der Waals surface area contributed by atoms with Crippen molar-refractivity contribution in [1.82, 2.24) is 13.9 Å². The molecule has 2 aromatic carbocycles. The van der Waals surface area contributed by atoms with Gasteiger partial charge in [-0.2, -0.15) is 0 Å². The van der Waals surface area contributed by atoms with Gasteiger partial charge in [0, 0.05) is 18.5 Å². The van der Waals surface area contributed by atoms with Crippen LogP contribution in [0.4, 0.5) is 0 Å². The number of para-hydroxylation sites is 1. The molecular formula is C28H28N4O9. The van der Waals surface area contributed by atoms with E-state index >= 15 is 0 Å². The average Bonchev–Trinajstić information content (AvgIpc) is 3.15. The molecular weight excluding hydrogens is 536 g/mol. The first kappa shape index (κ1) is 27.8. The van der Waals surface area contributed by atoms with Crippen LogP contribution in [-0.2, 0) is 30.3 Å². The average molecular weight is 565 g/mol. The van der Waals surface area contributed by atoms with Crippen molar-refractivity contribution in [2.75, 3.05) is 34.5 Å². The summed E-state index contributed by atoms with van der Waals surface area (Å²) >= 11 is 0. The number of hydrogen-bond donors (Lipinski definition) is 0.